The lowest BCUT2D eigenvalue weighted by molar-refractivity contribution is -0.144. The molecule has 1 heterocycles. The second-order valence-electron chi connectivity index (χ2n) is 6.90. The molecule has 1 aromatic rings. The van der Waals surface area contributed by atoms with Crippen molar-refractivity contribution < 1.29 is 46.1 Å². The molecule has 1 aromatic carbocycles. The smallest absolute Gasteiger partial charge is 0.418 e. The molecule has 0 saturated carbocycles. The van der Waals surface area contributed by atoms with Gasteiger partial charge < -0.3 is 19.9 Å². The van der Waals surface area contributed by atoms with E-state index < -0.39 is 87.9 Å². The van der Waals surface area contributed by atoms with Crippen LogP contribution in [0.5, 0.6) is 0 Å². The highest BCUT2D eigenvalue weighted by Crippen LogP contribution is 2.47. The van der Waals surface area contributed by atoms with Crippen LogP contribution < -0.4 is 5.32 Å². The fraction of sp³-hybridized carbons (Fsp3) is 0.400. The third-order valence-electron chi connectivity index (χ3n) is 4.50. The summed E-state index contributed by atoms with van der Waals surface area (Å²) in [5, 5.41) is 11.1. The van der Waals surface area contributed by atoms with Gasteiger partial charge in [-0.25, -0.2) is 18.4 Å². The number of allylic oxidation sites excluding steroid dienone is 1. The van der Waals surface area contributed by atoms with Crippen LogP contribution in [-0.4, -0.2) is 43.5 Å². The van der Waals surface area contributed by atoms with Crippen molar-refractivity contribution in [3.05, 3.63) is 56.6 Å². The molecule has 0 radical (unpaired) electrons. The quantitative estimate of drug-likeness (QED) is 0.473. The number of carbonyl (C=O) groups is 2. The molecule has 0 aliphatic carbocycles. The van der Waals surface area contributed by atoms with E-state index >= 15 is 0 Å². The number of alkyl halides is 4. The summed E-state index contributed by atoms with van der Waals surface area (Å²) in [4.78, 5) is 25.3. The second-order valence-corrected chi connectivity index (χ2v) is 7.30. The maximum atomic E-state index is 15.0. The lowest BCUT2D eigenvalue weighted by Gasteiger charge is -2.33. The van der Waals surface area contributed by atoms with Crippen LogP contribution >= 0.6 is 11.6 Å². The summed E-state index contributed by atoms with van der Waals surface area (Å²) in [6.07, 6.45) is -5.99. The van der Waals surface area contributed by atoms with Crippen molar-refractivity contribution >= 4 is 23.5 Å². The number of hydrogen-bond donors (Lipinski definition) is 2. The van der Waals surface area contributed by atoms with Crippen LogP contribution in [0.15, 0.2) is 34.7 Å². The molecule has 0 bridgehead atoms. The molecular weight excluding hydrogens is 465 g/mol. The summed E-state index contributed by atoms with van der Waals surface area (Å²) in [7, 11) is 0.874. The number of dihydropyridines is 1. The minimum absolute atomic E-state index is 0.464. The number of halogens is 6. The van der Waals surface area contributed by atoms with Crippen LogP contribution in [0.1, 0.15) is 30.9 Å². The van der Waals surface area contributed by atoms with Gasteiger partial charge in [0.25, 0.3) is 0 Å². The summed E-state index contributed by atoms with van der Waals surface area (Å²) in [6, 6.07) is 1.27. The predicted octanol–water partition coefficient (Wildman–Crippen LogP) is 3.78. The molecule has 2 N–H and O–H groups in total. The average Bonchev–Trinajstić information content (AvgIpc) is 2.71. The van der Waals surface area contributed by atoms with E-state index in [4.69, 9.17) is 16.3 Å². The lowest BCUT2D eigenvalue weighted by Crippen LogP contribution is -2.37. The number of rotatable bonds is 6. The number of aliphatic hydroxyl groups excluding tert-OH is 1. The highest BCUT2D eigenvalue weighted by molar-refractivity contribution is 6.31. The van der Waals surface area contributed by atoms with Gasteiger partial charge in [-0.3, -0.25) is 0 Å². The zero-order chi connectivity index (χ0) is 24.4. The molecule has 12 heteroatoms. The Morgan fingerprint density at radius 3 is 2.25 bits per heavy atom. The Bertz CT molecular complexity index is 987. The van der Waals surface area contributed by atoms with Crippen molar-refractivity contribution in [2.45, 2.75) is 32.0 Å². The monoisotopic (exact) mass is 483 g/mol. The molecule has 0 amide bonds. The molecule has 0 spiro atoms. The number of esters is 2. The number of methoxy groups -OCH3 is 1. The minimum Gasteiger partial charge on any atom is -0.466 e. The third kappa shape index (κ3) is 4.88. The largest absolute Gasteiger partial charge is 0.466 e. The van der Waals surface area contributed by atoms with Crippen molar-refractivity contribution in [2.75, 3.05) is 20.4 Å². The van der Waals surface area contributed by atoms with E-state index in [1.165, 1.54) is 13.8 Å². The Balaban J connectivity index is 3.03. The van der Waals surface area contributed by atoms with Gasteiger partial charge in [-0.05, 0) is 26.0 Å². The Labute approximate surface area is 184 Å². The SMILES string of the molecule is COC(=O)C1=C(CF)NC(CO)=C(C(=O)OC(C)C)C1c1c(F)ccc(Cl)c1C(F)(F)F. The van der Waals surface area contributed by atoms with Gasteiger partial charge in [0.1, 0.15) is 12.5 Å². The summed E-state index contributed by atoms with van der Waals surface area (Å²) in [5.74, 6) is -6.19. The van der Waals surface area contributed by atoms with E-state index in [-0.39, 0.29) is 0 Å². The van der Waals surface area contributed by atoms with Gasteiger partial charge in [0.2, 0.25) is 0 Å². The first-order valence-corrected chi connectivity index (χ1v) is 9.51. The second kappa shape index (κ2) is 9.86. The highest BCUT2D eigenvalue weighted by atomic mass is 35.5. The fourth-order valence-corrected chi connectivity index (χ4v) is 3.61. The number of hydrogen-bond acceptors (Lipinski definition) is 6. The lowest BCUT2D eigenvalue weighted by atomic mass is 9.78. The van der Waals surface area contributed by atoms with Gasteiger partial charge in [-0.1, -0.05) is 11.6 Å². The topological polar surface area (TPSA) is 84.9 Å². The van der Waals surface area contributed by atoms with Crippen LogP contribution in [0.25, 0.3) is 0 Å². The van der Waals surface area contributed by atoms with Gasteiger partial charge in [-0.15, -0.1) is 0 Å². The standard InChI is InChI=1S/C20H19ClF5NO5/c1-8(2)32-19(30)15-12(7-28)27-11(6-22)14(18(29)31-3)16(15)13-10(23)5-4-9(21)17(13)20(24,25)26/h4-5,8,16,27-28H,6-7H2,1-3H3. The van der Waals surface area contributed by atoms with Crippen molar-refractivity contribution in [1.29, 1.82) is 0 Å². The van der Waals surface area contributed by atoms with E-state index in [1.54, 1.807) is 0 Å². The summed E-state index contributed by atoms with van der Waals surface area (Å²) < 4.78 is 80.1. The first-order chi connectivity index (χ1) is 14.9. The molecule has 1 unspecified atom stereocenters. The number of aliphatic hydroxyl groups is 1. The molecule has 2 rings (SSSR count). The van der Waals surface area contributed by atoms with Crippen LogP contribution in [0, 0.1) is 5.82 Å². The van der Waals surface area contributed by atoms with Gasteiger partial charge in [0.15, 0.2) is 0 Å². The molecule has 1 aliphatic heterocycles. The molecule has 1 aliphatic rings. The normalized spacial score (nSPS) is 16.9. The maximum Gasteiger partial charge on any atom is 0.418 e. The molecule has 176 valence electrons. The molecular formula is C20H19ClF5NO5. The zero-order valence-electron chi connectivity index (χ0n) is 17.1. The number of benzene rings is 1. The molecule has 0 saturated heterocycles. The van der Waals surface area contributed by atoms with Crippen LogP contribution in [0.2, 0.25) is 5.02 Å². The van der Waals surface area contributed by atoms with E-state index in [9.17, 15) is 36.6 Å². The molecule has 1 atom stereocenters. The summed E-state index contributed by atoms with van der Waals surface area (Å²) >= 11 is 5.73. The average molecular weight is 484 g/mol. The first-order valence-electron chi connectivity index (χ1n) is 9.13. The molecule has 32 heavy (non-hydrogen) atoms. The Morgan fingerprint density at radius 1 is 1.19 bits per heavy atom. The summed E-state index contributed by atoms with van der Waals surface area (Å²) in [5.41, 5.74) is -5.47. The Morgan fingerprint density at radius 2 is 1.78 bits per heavy atom. The molecule has 0 fully saturated rings. The van der Waals surface area contributed by atoms with Crippen LogP contribution in [-0.2, 0) is 25.2 Å². The van der Waals surface area contributed by atoms with Gasteiger partial charge >= 0.3 is 18.1 Å². The van der Waals surface area contributed by atoms with Gasteiger partial charge in [-0.2, -0.15) is 13.2 Å². The fourth-order valence-electron chi connectivity index (χ4n) is 3.34. The first kappa shape index (κ1) is 25.6. The number of carbonyl (C=O) groups excluding carboxylic acids is 2. The highest BCUT2D eigenvalue weighted by Gasteiger charge is 2.47. The predicted molar refractivity (Wildman–Crippen MR) is 103 cm³/mol. The van der Waals surface area contributed by atoms with Crippen LogP contribution in [0.4, 0.5) is 22.0 Å². The third-order valence-corrected chi connectivity index (χ3v) is 4.82. The minimum atomic E-state index is -5.22. The Hall–Kier alpha value is -2.66. The van der Waals surface area contributed by atoms with E-state index in [0.717, 1.165) is 7.11 Å². The van der Waals surface area contributed by atoms with Gasteiger partial charge in [0.05, 0.1) is 58.9 Å². The van der Waals surface area contributed by atoms with E-state index in [2.05, 4.69) is 10.1 Å². The van der Waals surface area contributed by atoms with Crippen molar-refractivity contribution in [3.8, 4) is 0 Å². The van der Waals surface area contributed by atoms with Crippen molar-refractivity contribution in [1.82, 2.24) is 5.32 Å². The number of ether oxygens (including phenoxy) is 2. The van der Waals surface area contributed by atoms with Crippen molar-refractivity contribution in [3.63, 3.8) is 0 Å². The van der Waals surface area contributed by atoms with E-state index in [1.807, 2.05) is 0 Å². The summed E-state index contributed by atoms with van der Waals surface area (Å²) in [6.45, 7) is 0.460. The van der Waals surface area contributed by atoms with E-state index in [0.29, 0.717) is 12.1 Å². The molecule has 0 aromatic heterocycles. The molecule has 6 nitrogen and oxygen atoms in total. The van der Waals surface area contributed by atoms with Gasteiger partial charge in [0, 0.05) is 5.56 Å². The van der Waals surface area contributed by atoms with Crippen molar-refractivity contribution in [2.24, 2.45) is 0 Å². The Kier molecular flexibility index (Phi) is 7.89. The zero-order valence-corrected chi connectivity index (χ0v) is 17.8. The maximum absolute atomic E-state index is 15.0. The van der Waals surface area contributed by atoms with Crippen LogP contribution in [0.3, 0.4) is 0 Å². The number of nitrogens with one attached hydrogen (secondary N) is 1.